The molecule has 0 aromatic heterocycles. The van der Waals surface area contributed by atoms with Gasteiger partial charge in [0.1, 0.15) is 0 Å². The number of rotatable bonds is 2. The van der Waals surface area contributed by atoms with Gasteiger partial charge in [-0.3, -0.25) is 4.79 Å². The highest BCUT2D eigenvalue weighted by Crippen LogP contribution is 2.08. The predicted octanol–water partition coefficient (Wildman–Crippen LogP) is -0.160. The quantitative estimate of drug-likeness (QED) is 0.339. The highest BCUT2D eigenvalue weighted by Gasteiger charge is 2.37. The normalized spacial score (nSPS) is 19.8. The molecule has 1 atom stereocenters. The summed E-state index contributed by atoms with van der Waals surface area (Å²) >= 11 is 0. The molecule has 0 radical (unpaired) electrons. The van der Waals surface area contributed by atoms with Crippen LogP contribution >= 0.6 is 0 Å². The minimum absolute atomic E-state index is 0.175. The number of carbonyl (C=O) groups is 1. The van der Waals surface area contributed by atoms with Gasteiger partial charge in [0.05, 0.1) is 17.9 Å². The van der Waals surface area contributed by atoms with Crippen molar-refractivity contribution in [3.05, 3.63) is 10.1 Å². The summed E-state index contributed by atoms with van der Waals surface area (Å²) in [4.78, 5) is 20.6. The molecule has 70 valence electrons. The summed E-state index contributed by atoms with van der Waals surface area (Å²) < 4.78 is 4.59. The molecule has 0 spiro atoms. The van der Waals surface area contributed by atoms with Crippen LogP contribution < -0.4 is 0 Å². The zero-order chi connectivity index (χ0) is 9.84. The molecule has 0 saturated carbocycles. The number of nitro groups is 1. The number of hydrogen-bond donors (Lipinski definition) is 0. The molecule has 0 unspecified atom stereocenters. The van der Waals surface area contributed by atoms with Crippen molar-refractivity contribution in [1.29, 1.82) is 0 Å². The molecule has 1 aliphatic heterocycles. The zero-order valence-corrected chi connectivity index (χ0v) is 6.84. The Morgan fingerprint density at radius 3 is 3.08 bits per heavy atom. The average molecular weight is 185 g/mol. The summed E-state index contributed by atoms with van der Waals surface area (Å²) in [7, 11) is 0. The lowest BCUT2D eigenvalue weighted by Crippen LogP contribution is -2.30. The Morgan fingerprint density at radius 2 is 2.54 bits per heavy atom. The van der Waals surface area contributed by atoms with E-state index in [1.807, 2.05) is 0 Å². The first-order valence-corrected chi connectivity index (χ1v) is 3.59. The van der Waals surface area contributed by atoms with E-state index in [9.17, 15) is 14.9 Å². The van der Waals surface area contributed by atoms with Gasteiger partial charge in [0.2, 0.25) is 5.92 Å². The third-order valence-corrected chi connectivity index (χ3v) is 1.38. The van der Waals surface area contributed by atoms with Gasteiger partial charge in [-0.25, -0.2) is 0 Å². The molecular weight excluding hydrogens is 178 g/mol. The maximum atomic E-state index is 11.1. The van der Waals surface area contributed by atoms with Crippen LogP contribution in [0.25, 0.3) is 0 Å². The van der Waals surface area contributed by atoms with Gasteiger partial charge in [-0.05, 0) is 16.9 Å². The van der Waals surface area contributed by atoms with E-state index < -0.39 is 22.6 Å². The summed E-state index contributed by atoms with van der Waals surface area (Å²) in [6, 6.07) is 0. The molecule has 0 saturated heterocycles. The van der Waals surface area contributed by atoms with Crippen molar-refractivity contribution >= 4 is 18.0 Å². The van der Waals surface area contributed by atoms with Gasteiger partial charge in [0.25, 0.3) is 0 Å². The van der Waals surface area contributed by atoms with Crippen LogP contribution in [0.15, 0.2) is 10.2 Å². The van der Waals surface area contributed by atoms with Crippen LogP contribution in [0.5, 0.6) is 0 Å². The van der Waals surface area contributed by atoms with E-state index in [0.29, 0.717) is 0 Å². The van der Waals surface area contributed by atoms with Gasteiger partial charge in [-0.15, -0.1) is 0 Å². The number of amidine groups is 1. The van der Waals surface area contributed by atoms with Crippen LogP contribution in [-0.2, 0) is 9.53 Å². The van der Waals surface area contributed by atoms with Crippen molar-refractivity contribution in [3.63, 3.8) is 0 Å². The van der Waals surface area contributed by atoms with Gasteiger partial charge >= 0.3 is 11.8 Å². The molecule has 0 aliphatic carbocycles. The van der Waals surface area contributed by atoms with Gasteiger partial charge in [0.15, 0.2) is 0 Å². The lowest BCUT2D eigenvalue weighted by Gasteiger charge is -2.03. The molecule has 0 N–H and O–H groups in total. The van der Waals surface area contributed by atoms with Gasteiger partial charge in [-0.1, -0.05) is 0 Å². The first-order valence-electron chi connectivity index (χ1n) is 3.59. The van der Waals surface area contributed by atoms with E-state index in [1.165, 1.54) is 0 Å². The number of carbonyl (C=O) groups excluding carboxylic acids is 1. The van der Waals surface area contributed by atoms with Crippen molar-refractivity contribution in [2.24, 2.45) is 16.1 Å². The van der Waals surface area contributed by atoms with Crippen molar-refractivity contribution in [1.82, 2.24) is 0 Å². The molecule has 7 nitrogen and oxygen atoms in total. The highest BCUT2D eigenvalue weighted by atomic mass is 16.6. The Morgan fingerprint density at radius 1 is 1.85 bits per heavy atom. The summed E-state index contributed by atoms with van der Waals surface area (Å²) in [6.45, 7) is 1.79. The average Bonchev–Trinajstić information content (AvgIpc) is 2.52. The molecular formula is C6H7N3O4. The van der Waals surface area contributed by atoms with E-state index in [-0.39, 0.29) is 6.61 Å². The minimum atomic E-state index is -1.06. The fraction of sp³-hybridized carbons (Fsp3) is 0.500. The topological polar surface area (TPSA) is 94.2 Å². The molecule has 13 heavy (non-hydrogen) atoms. The Labute approximate surface area is 73.2 Å². The number of esters is 1. The Bertz CT molecular complexity index is 296. The first kappa shape index (κ1) is 9.30. The van der Waals surface area contributed by atoms with Crippen LogP contribution in [0.3, 0.4) is 0 Å². The molecule has 0 aromatic rings. The smallest absolute Gasteiger partial charge is 0.386 e. The fourth-order valence-electron chi connectivity index (χ4n) is 0.836. The standard InChI is InChI=1S/C6H7N3O4/c1-2-13-6(10)4-3-7-8-5(4)9(11)12/h3-4H,2H2,1H3/t4-/m1/s1. The largest absolute Gasteiger partial charge is 0.465 e. The van der Waals surface area contributed by atoms with E-state index in [1.54, 1.807) is 6.92 Å². The fourth-order valence-corrected chi connectivity index (χ4v) is 0.836. The minimum Gasteiger partial charge on any atom is -0.465 e. The summed E-state index contributed by atoms with van der Waals surface area (Å²) in [5, 5.41) is 16.8. The second kappa shape index (κ2) is 3.74. The van der Waals surface area contributed by atoms with Gasteiger partial charge < -0.3 is 14.9 Å². The van der Waals surface area contributed by atoms with Crippen molar-refractivity contribution in [2.45, 2.75) is 6.92 Å². The first-order chi connectivity index (χ1) is 6.16. The zero-order valence-electron chi connectivity index (χ0n) is 6.84. The van der Waals surface area contributed by atoms with Gasteiger partial charge in [0, 0.05) is 0 Å². The van der Waals surface area contributed by atoms with Crippen molar-refractivity contribution in [2.75, 3.05) is 6.61 Å². The summed E-state index contributed by atoms with van der Waals surface area (Å²) in [6.07, 6.45) is 1.09. The summed E-state index contributed by atoms with van der Waals surface area (Å²) in [5.74, 6) is -2.24. The second-order valence-electron chi connectivity index (χ2n) is 2.21. The molecule has 1 heterocycles. The number of ether oxygens (including phenoxy) is 1. The van der Waals surface area contributed by atoms with Gasteiger partial charge in [-0.2, -0.15) is 0 Å². The Kier molecular flexibility index (Phi) is 2.68. The van der Waals surface area contributed by atoms with Crippen LogP contribution in [0, 0.1) is 16.0 Å². The van der Waals surface area contributed by atoms with Crippen LogP contribution in [-0.4, -0.2) is 29.5 Å². The SMILES string of the molecule is CCOC(=O)[C@@H]1C=NN=C1[N+](=O)[O-]. The summed E-state index contributed by atoms with van der Waals surface area (Å²) in [5.41, 5.74) is 0. The van der Waals surface area contributed by atoms with E-state index in [2.05, 4.69) is 14.9 Å². The van der Waals surface area contributed by atoms with Crippen molar-refractivity contribution < 1.29 is 14.5 Å². The number of nitrogens with zero attached hydrogens (tertiary/aromatic N) is 3. The van der Waals surface area contributed by atoms with Crippen LogP contribution in [0.2, 0.25) is 0 Å². The predicted molar refractivity (Wildman–Crippen MR) is 43.0 cm³/mol. The van der Waals surface area contributed by atoms with Crippen LogP contribution in [0.4, 0.5) is 0 Å². The maximum absolute atomic E-state index is 11.1. The maximum Gasteiger partial charge on any atom is 0.386 e. The lowest BCUT2D eigenvalue weighted by molar-refractivity contribution is -0.354. The lowest BCUT2D eigenvalue weighted by atomic mass is 10.1. The second-order valence-corrected chi connectivity index (χ2v) is 2.21. The number of hydrogen-bond acceptors (Lipinski definition) is 6. The van der Waals surface area contributed by atoms with Crippen LogP contribution in [0.1, 0.15) is 6.92 Å². The van der Waals surface area contributed by atoms with Crippen molar-refractivity contribution in [3.8, 4) is 0 Å². The molecule has 0 fully saturated rings. The molecule has 1 aliphatic rings. The monoisotopic (exact) mass is 185 g/mol. The molecule has 7 heteroatoms. The van der Waals surface area contributed by atoms with E-state index in [0.717, 1.165) is 6.21 Å². The molecule has 0 aromatic carbocycles. The van der Waals surface area contributed by atoms with E-state index >= 15 is 0 Å². The Balaban J connectivity index is 2.71. The Hall–Kier alpha value is -1.79. The third-order valence-electron chi connectivity index (χ3n) is 1.38. The highest BCUT2D eigenvalue weighted by molar-refractivity contribution is 6.12. The molecule has 1 rings (SSSR count). The molecule has 0 bridgehead atoms. The molecule has 0 amide bonds. The third kappa shape index (κ3) is 1.86. The van der Waals surface area contributed by atoms with E-state index in [4.69, 9.17) is 0 Å².